The summed E-state index contributed by atoms with van der Waals surface area (Å²) in [6, 6.07) is 50.0. The second-order valence-corrected chi connectivity index (χ2v) is 12.3. The van der Waals surface area contributed by atoms with Gasteiger partial charge >= 0.3 is 0 Å². The number of rotatable bonds is 4. The summed E-state index contributed by atoms with van der Waals surface area (Å²) in [6.45, 7) is 4.65. The molecule has 1 N–H and O–H groups in total. The van der Waals surface area contributed by atoms with Crippen LogP contribution in [0.5, 0.6) is 0 Å². The number of benzene rings is 6. The van der Waals surface area contributed by atoms with E-state index in [0.29, 0.717) is 5.84 Å². The molecule has 4 nitrogen and oxygen atoms in total. The SMILES string of the molecule is CC1(C)c2ccccc2-c2c1ccc1c2c2ccccc2n1-c1cccc(C(=N)N=C(N=Cc2ccccc2)c2ccccc2)c1. The first-order valence-corrected chi connectivity index (χ1v) is 15.6. The van der Waals surface area contributed by atoms with Crippen molar-refractivity contribution in [2.45, 2.75) is 19.3 Å². The summed E-state index contributed by atoms with van der Waals surface area (Å²) in [6.07, 6.45) is 1.80. The predicted molar refractivity (Wildman–Crippen MR) is 192 cm³/mol. The molecular weight excluding hydrogens is 560 g/mol. The van der Waals surface area contributed by atoms with Crippen molar-refractivity contribution in [1.29, 1.82) is 5.41 Å². The Morgan fingerprint density at radius 3 is 2.17 bits per heavy atom. The van der Waals surface area contributed by atoms with Crippen LogP contribution in [0.3, 0.4) is 0 Å². The van der Waals surface area contributed by atoms with Crippen LogP contribution in [0.25, 0.3) is 38.6 Å². The molecule has 7 aromatic rings. The van der Waals surface area contributed by atoms with Crippen LogP contribution in [0.4, 0.5) is 0 Å². The summed E-state index contributed by atoms with van der Waals surface area (Å²) in [5.41, 5.74) is 11.1. The second kappa shape index (κ2) is 10.9. The topological polar surface area (TPSA) is 53.5 Å². The molecule has 0 fully saturated rings. The molecule has 0 unspecified atom stereocenters. The first-order chi connectivity index (χ1) is 22.5. The molecule has 1 aromatic heterocycles. The molecule has 46 heavy (non-hydrogen) atoms. The Hall–Kier alpha value is -5.87. The highest BCUT2D eigenvalue weighted by Gasteiger charge is 2.37. The lowest BCUT2D eigenvalue weighted by atomic mass is 9.82. The van der Waals surface area contributed by atoms with E-state index in [9.17, 15) is 0 Å². The third-order valence-electron chi connectivity index (χ3n) is 9.14. The van der Waals surface area contributed by atoms with E-state index in [-0.39, 0.29) is 11.3 Å². The van der Waals surface area contributed by atoms with Crippen molar-refractivity contribution in [2.75, 3.05) is 0 Å². The maximum atomic E-state index is 9.10. The Labute approximate surface area is 268 Å². The summed E-state index contributed by atoms with van der Waals surface area (Å²) in [5, 5.41) is 11.6. The maximum Gasteiger partial charge on any atom is 0.161 e. The normalized spacial score (nSPS) is 13.7. The second-order valence-electron chi connectivity index (χ2n) is 12.3. The highest BCUT2D eigenvalue weighted by molar-refractivity contribution is 6.18. The number of aromatic nitrogens is 1. The first-order valence-electron chi connectivity index (χ1n) is 15.6. The summed E-state index contributed by atoms with van der Waals surface area (Å²) >= 11 is 0. The molecule has 0 bridgehead atoms. The Kier molecular flexibility index (Phi) is 6.58. The van der Waals surface area contributed by atoms with Gasteiger partial charge in [-0.05, 0) is 52.1 Å². The molecule has 8 rings (SSSR count). The molecule has 0 amide bonds. The van der Waals surface area contributed by atoms with Gasteiger partial charge in [0.15, 0.2) is 11.7 Å². The van der Waals surface area contributed by atoms with E-state index in [1.165, 1.54) is 33.0 Å². The number of nitrogens with zero attached hydrogens (tertiary/aromatic N) is 3. The number of hydrogen-bond donors (Lipinski definition) is 1. The van der Waals surface area contributed by atoms with Gasteiger partial charge in [-0.1, -0.05) is 135 Å². The molecule has 4 heteroatoms. The zero-order chi connectivity index (χ0) is 31.3. The lowest BCUT2D eigenvalue weighted by molar-refractivity contribution is 0.661. The van der Waals surface area contributed by atoms with Crippen LogP contribution in [-0.2, 0) is 5.41 Å². The van der Waals surface area contributed by atoms with E-state index in [1.807, 2.05) is 72.8 Å². The fourth-order valence-corrected chi connectivity index (χ4v) is 6.92. The zero-order valence-electron chi connectivity index (χ0n) is 25.8. The van der Waals surface area contributed by atoms with Crippen molar-refractivity contribution in [3.05, 3.63) is 173 Å². The smallest absolute Gasteiger partial charge is 0.161 e. The molecule has 1 aliphatic carbocycles. The zero-order valence-corrected chi connectivity index (χ0v) is 25.8. The number of aliphatic imine (C=N–C) groups is 2. The molecule has 220 valence electrons. The molecule has 0 spiro atoms. The highest BCUT2D eigenvalue weighted by atomic mass is 15.0. The van der Waals surface area contributed by atoms with Crippen molar-refractivity contribution >= 4 is 39.7 Å². The fourth-order valence-electron chi connectivity index (χ4n) is 6.92. The van der Waals surface area contributed by atoms with Gasteiger partial charge in [-0.25, -0.2) is 9.98 Å². The Bertz CT molecular complexity index is 2340. The summed E-state index contributed by atoms with van der Waals surface area (Å²) in [7, 11) is 0. The van der Waals surface area contributed by atoms with Crippen molar-refractivity contribution < 1.29 is 0 Å². The number of fused-ring (bicyclic) bond motifs is 7. The molecule has 1 heterocycles. The van der Waals surface area contributed by atoms with Gasteiger partial charge < -0.3 is 4.57 Å². The molecule has 0 saturated carbocycles. The molecule has 1 aliphatic rings. The van der Waals surface area contributed by atoms with Gasteiger partial charge in [0, 0.05) is 39.2 Å². The number of para-hydroxylation sites is 1. The van der Waals surface area contributed by atoms with E-state index in [4.69, 9.17) is 15.4 Å². The van der Waals surface area contributed by atoms with Crippen LogP contribution in [0.1, 0.15) is 41.7 Å². The van der Waals surface area contributed by atoms with Crippen LogP contribution < -0.4 is 0 Å². The largest absolute Gasteiger partial charge is 0.309 e. The van der Waals surface area contributed by atoms with Crippen molar-refractivity contribution in [3.8, 4) is 16.8 Å². The first kappa shape index (κ1) is 27.7. The minimum Gasteiger partial charge on any atom is -0.309 e. The van der Waals surface area contributed by atoms with Gasteiger partial charge in [0.05, 0.1) is 11.0 Å². The average Bonchev–Trinajstić information content (AvgIpc) is 3.56. The predicted octanol–water partition coefficient (Wildman–Crippen LogP) is 9.98. The number of nitrogens with one attached hydrogen (secondary N) is 1. The van der Waals surface area contributed by atoms with Crippen LogP contribution in [0, 0.1) is 5.41 Å². The third-order valence-corrected chi connectivity index (χ3v) is 9.14. The van der Waals surface area contributed by atoms with E-state index in [0.717, 1.165) is 33.4 Å². The van der Waals surface area contributed by atoms with Gasteiger partial charge in [-0.15, -0.1) is 0 Å². The minimum atomic E-state index is -0.0736. The molecular formula is C42H32N4. The van der Waals surface area contributed by atoms with E-state index in [1.54, 1.807) is 6.21 Å². The van der Waals surface area contributed by atoms with Gasteiger partial charge in [0.25, 0.3) is 0 Å². The van der Waals surface area contributed by atoms with Crippen LogP contribution in [0.15, 0.2) is 156 Å². The maximum absolute atomic E-state index is 9.10. The van der Waals surface area contributed by atoms with Crippen LogP contribution >= 0.6 is 0 Å². The quantitative estimate of drug-likeness (QED) is 0.156. The Morgan fingerprint density at radius 1 is 0.652 bits per heavy atom. The average molecular weight is 593 g/mol. The van der Waals surface area contributed by atoms with E-state index >= 15 is 0 Å². The van der Waals surface area contributed by atoms with Gasteiger partial charge in [0.1, 0.15) is 0 Å². The van der Waals surface area contributed by atoms with E-state index in [2.05, 4.69) is 91.2 Å². The van der Waals surface area contributed by atoms with Crippen molar-refractivity contribution in [2.24, 2.45) is 9.98 Å². The van der Waals surface area contributed by atoms with Gasteiger partial charge in [0.2, 0.25) is 0 Å². The Balaban J connectivity index is 1.27. The lowest BCUT2D eigenvalue weighted by Crippen LogP contribution is -2.14. The standard InChI is InChI=1S/C42H32N4/c1-42(2)34-22-11-9-20-32(34)38-35(42)24-25-37-39(38)33-21-10-12-23-36(33)46(37)31-19-13-18-30(26-31)40(43)45-41(29-16-7-4-8-17-29)44-27-28-14-5-3-6-15-28/h3-27,43H,1-2H3. The molecule has 0 radical (unpaired) electrons. The number of hydrogen-bond acceptors (Lipinski definition) is 1. The molecule has 0 aliphatic heterocycles. The fraction of sp³-hybridized carbons (Fsp3) is 0.0714. The van der Waals surface area contributed by atoms with Crippen molar-refractivity contribution in [3.63, 3.8) is 0 Å². The minimum absolute atomic E-state index is 0.0736. The van der Waals surface area contributed by atoms with Crippen LogP contribution in [0.2, 0.25) is 0 Å². The molecule has 6 aromatic carbocycles. The van der Waals surface area contributed by atoms with Gasteiger partial charge in [-0.2, -0.15) is 0 Å². The Morgan fingerprint density at radius 2 is 1.35 bits per heavy atom. The van der Waals surface area contributed by atoms with Crippen LogP contribution in [-0.4, -0.2) is 22.5 Å². The molecule has 0 saturated heterocycles. The van der Waals surface area contributed by atoms with E-state index < -0.39 is 0 Å². The van der Waals surface area contributed by atoms with Crippen molar-refractivity contribution in [1.82, 2.24) is 4.57 Å². The highest BCUT2D eigenvalue weighted by Crippen LogP contribution is 2.53. The molecule has 0 atom stereocenters. The third kappa shape index (κ3) is 4.50. The summed E-state index contributed by atoms with van der Waals surface area (Å²) < 4.78 is 2.32. The summed E-state index contributed by atoms with van der Waals surface area (Å²) in [4.78, 5) is 9.49. The number of amidine groups is 2. The van der Waals surface area contributed by atoms with Gasteiger partial charge in [-0.3, -0.25) is 5.41 Å². The summed E-state index contributed by atoms with van der Waals surface area (Å²) in [5.74, 6) is 0.650. The lowest BCUT2D eigenvalue weighted by Gasteiger charge is -2.21. The monoisotopic (exact) mass is 592 g/mol.